The van der Waals surface area contributed by atoms with Crippen LogP contribution in [-0.4, -0.2) is 63.6 Å². The van der Waals surface area contributed by atoms with Crippen LogP contribution in [0.15, 0.2) is 43.2 Å². The van der Waals surface area contributed by atoms with Gasteiger partial charge in [0, 0.05) is 38.3 Å². The van der Waals surface area contributed by atoms with E-state index < -0.39 is 27.4 Å². The first-order valence-electron chi connectivity index (χ1n) is 8.75. The third-order valence-corrected chi connectivity index (χ3v) is 6.37. The number of sulfonamides is 1. The van der Waals surface area contributed by atoms with Gasteiger partial charge < -0.3 is 4.90 Å². The third-order valence-electron chi connectivity index (χ3n) is 4.52. The van der Waals surface area contributed by atoms with Crippen LogP contribution in [0.1, 0.15) is 5.56 Å². The highest BCUT2D eigenvalue weighted by Gasteiger charge is 2.28. The van der Waals surface area contributed by atoms with Crippen molar-refractivity contribution >= 4 is 15.8 Å². The lowest BCUT2D eigenvalue weighted by molar-refractivity contribution is 0.383. The zero-order valence-electron chi connectivity index (χ0n) is 15.2. The first kappa shape index (κ1) is 19.3. The molecule has 0 atom stereocenters. The first-order chi connectivity index (χ1) is 13.9. The fourth-order valence-electron chi connectivity index (χ4n) is 3.15. The summed E-state index contributed by atoms with van der Waals surface area (Å²) in [5.74, 6) is -0.851. The third kappa shape index (κ3) is 4.38. The number of benzene rings is 1. The Morgan fingerprint density at radius 1 is 0.897 bits per heavy atom. The van der Waals surface area contributed by atoms with Crippen LogP contribution in [0.2, 0.25) is 0 Å². The Balaban J connectivity index is 1.43. The maximum absolute atomic E-state index is 13.3. The van der Waals surface area contributed by atoms with Gasteiger partial charge in [0.15, 0.2) is 5.82 Å². The zero-order valence-corrected chi connectivity index (χ0v) is 16.0. The molecule has 0 radical (unpaired) electrons. The van der Waals surface area contributed by atoms with Crippen LogP contribution >= 0.6 is 0 Å². The van der Waals surface area contributed by atoms with E-state index in [1.54, 1.807) is 6.07 Å². The molecule has 3 heterocycles. The summed E-state index contributed by atoms with van der Waals surface area (Å²) >= 11 is 0. The molecule has 0 unspecified atom stereocenters. The second-order valence-corrected chi connectivity index (χ2v) is 8.46. The van der Waals surface area contributed by atoms with Gasteiger partial charge in [0.1, 0.15) is 36.4 Å². The van der Waals surface area contributed by atoms with Crippen LogP contribution in [0.25, 0.3) is 5.82 Å². The maximum atomic E-state index is 13.3. The Kier molecular flexibility index (Phi) is 5.20. The Bertz CT molecular complexity index is 1080. The van der Waals surface area contributed by atoms with Gasteiger partial charge in [-0.3, -0.25) is 0 Å². The molecular weight excluding hydrogens is 404 g/mol. The van der Waals surface area contributed by atoms with Crippen LogP contribution in [0.3, 0.4) is 0 Å². The second kappa shape index (κ2) is 7.79. The van der Waals surface area contributed by atoms with Crippen molar-refractivity contribution in [2.75, 3.05) is 31.1 Å². The van der Waals surface area contributed by atoms with E-state index in [-0.39, 0.29) is 18.7 Å². The lowest BCUT2D eigenvalue weighted by Crippen LogP contribution is -2.49. The van der Waals surface area contributed by atoms with Crippen molar-refractivity contribution in [1.82, 2.24) is 29.0 Å². The molecule has 29 heavy (non-hydrogen) atoms. The molecule has 0 bridgehead atoms. The molecule has 9 nitrogen and oxygen atoms in total. The number of anilines is 1. The Labute approximate surface area is 165 Å². The molecule has 1 fully saturated rings. The summed E-state index contributed by atoms with van der Waals surface area (Å²) in [6.45, 7) is 1.32. The molecule has 1 aliphatic rings. The SMILES string of the molecule is O=S(=O)(Cc1cc(F)cc(F)c1)N1CCN(c2cc(-n3cncn3)ncn2)CC1. The Morgan fingerprint density at radius 3 is 2.24 bits per heavy atom. The van der Waals surface area contributed by atoms with Gasteiger partial charge in [0.25, 0.3) is 0 Å². The summed E-state index contributed by atoms with van der Waals surface area (Å²) < 4.78 is 54.8. The Hall–Kier alpha value is -2.99. The van der Waals surface area contributed by atoms with Gasteiger partial charge in [-0.25, -0.2) is 36.8 Å². The molecule has 0 amide bonds. The molecule has 0 N–H and O–H groups in total. The summed E-state index contributed by atoms with van der Waals surface area (Å²) in [7, 11) is -3.70. The number of rotatable bonds is 5. The van der Waals surface area contributed by atoms with Crippen LogP contribution < -0.4 is 4.90 Å². The molecule has 0 spiro atoms. The minimum atomic E-state index is -3.70. The number of piperazine rings is 1. The van der Waals surface area contributed by atoms with Gasteiger partial charge in [0.2, 0.25) is 10.0 Å². The second-order valence-electron chi connectivity index (χ2n) is 6.49. The summed E-state index contributed by atoms with van der Waals surface area (Å²) in [5.41, 5.74) is 0.0817. The van der Waals surface area contributed by atoms with Crippen LogP contribution in [-0.2, 0) is 15.8 Å². The van der Waals surface area contributed by atoms with Crippen molar-refractivity contribution in [3.63, 3.8) is 0 Å². The predicted octanol–water partition coefficient (Wildman–Crippen LogP) is 0.988. The number of nitrogens with zero attached hydrogens (tertiary/aromatic N) is 7. The van der Waals surface area contributed by atoms with Gasteiger partial charge in [-0.05, 0) is 17.7 Å². The predicted molar refractivity (Wildman–Crippen MR) is 99.7 cm³/mol. The fourth-order valence-corrected chi connectivity index (χ4v) is 4.64. The van der Waals surface area contributed by atoms with Crippen molar-refractivity contribution in [1.29, 1.82) is 0 Å². The molecule has 0 aliphatic carbocycles. The first-order valence-corrected chi connectivity index (χ1v) is 10.4. The molecule has 1 aromatic carbocycles. The topological polar surface area (TPSA) is 97.1 Å². The van der Waals surface area contributed by atoms with Crippen LogP contribution in [0.5, 0.6) is 0 Å². The summed E-state index contributed by atoms with van der Waals surface area (Å²) in [6, 6.07) is 4.52. The largest absolute Gasteiger partial charge is 0.354 e. The summed E-state index contributed by atoms with van der Waals surface area (Å²) in [4.78, 5) is 14.2. The molecule has 2 aromatic heterocycles. The van der Waals surface area contributed by atoms with Gasteiger partial charge in [-0.2, -0.15) is 9.40 Å². The van der Waals surface area contributed by atoms with E-state index in [0.29, 0.717) is 30.8 Å². The Morgan fingerprint density at radius 2 is 1.59 bits per heavy atom. The van der Waals surface area contributed by atoms with E-state index in [4.69, 9.17) is 0 Å². The van der Waals surface area contributed by atoms with Crippen molar-refractivity contribution in [2.24, 2.45) is 0 Å². The number of hydrogen-bond acceptors (Lipinski definition) is 7. The van der Waals surface area contributed by atoms with Crippen LogP contribution in [0.4, 0.5) is 14.6 Å². The van der Waals surface area contributed by atoms with Crippen molar-refractivity contribution in [2.45, 2.75) is 5.75 Å². The van der Waals surface area contributed by atoms with E-state index >= 15 is 0 Å². The van der Waals surface area contributed by atoms with Gasteiger partial charge in [0.05, 0.1) is 5.75 Å². The lowest BCUT2D eigenvalue weighted by atomic mass is 10.2. The smallest absolute Gasteiger partial charge is 0.218 e. The molecule has 0 saturated carbocycles. The number of hydrogen-bond donors (Lipinski definition) is 0. The van der Waals surface area contributed by atoms with Crippen molar-refractivity contribution in [3.8, 4) is 5.82 Å². The zero-order chi connectivity index (χ0) is 20.4. The minimum absolute atomic E-state index is 0.0817. The monoisotopic (exact) mass is 421 g/mol. The van der Waals surface area contributed by atoms with E-state index in [9.17, 15) is 17.2 Å². The number of aromatic nitrogens is 5. The number of halogens is 2. The molecule has 152 valence electrons. The molecule has 1 saturated heterocycles. The standard InChI is InChI=1S/C17H17F2N7O2S/c18-14-5-13(6-15(19)7-14)9-29(27,28)25-3-1-24(2-4-25)16-8-17(22-11-21-16)26-12-20-10-23-26/h5-8,10-12H,1-4,9H2. The van der Waals surface area contributed by atoms with Crippen LogP contribution in [0, 0.1) is 11.6 Å². The van der Waals surface area contributed by atoms with E-state index in [2.05, 4.69) is 20.1 Å². The normalized spacial score (nSPS) is 15.6. The molecule has 12 heteroatoms. The molecule has 1 aliphatic heterocycles. The summed E-state index contributed by atoms with van der Waals surface area (Å²) in [6.07, 6.45) is 4.33. The molecule has 4 rings (SSSR count). The van der Waals surface area contributed by atoms with E-state index in [0.717, 1.165) is 12.1 Å². The van der Waals surface area contributed by atoms with E-state index in [1.807, 2.05) is 4.90 Å². The summed E-state index contributed by atoms with van der Waals surface area (Å²) in [5, 5.41) is 4.03. The quantitative estimate of drug-likeness (QED) is 0.606. The minimum Gasteiger partial charge on any atom is -0.354 e. The van der Waals surface area contributed by atoms with E-state index in [1.165, 1.54) is 28.0 Å². The highest BCUT2D eigenvalue weighted by molar-refractivity contribution is 7.88. The highest BCUT2D eigenvalue weighted by Crippen LogP contribution is 2.19. The van der Waals surface area contributed by atoms with Gasteiger partial charge in [-0.15, -0.1) is 0 Å². The van der Waals surface area contributed by atoms with Gasteiger partial charge in [-0.1, -0.05) is 0 Å². The van der Waals surface area contributed by atoms with Gasteiger partial charge >= 0.3 is 0 Å². The highest BCUT2D eigenvalue weighted by atomic mass is 32.2. The molecule has 3 aromatic rings. The lowest BCUT2D eigenvalue weighted by Gasteiger charge is -2.34. The van der Waals surface area contributed by atoms with Crippen molar-refractivity contribution < 1.29 is 17.2 Å². The fraction of sp³-hybridized carbons (Fsp3) is 0.294. The van der Waals surface area contributed by atoms with Crippen molar-refractivity contribution in [3.05, 3.63) is 60.4 Å². The average molecular weight is 421 g/mol. The molecular formula is C17H17F2N7O2S. The average Bonchev–Trinajstić information content (AvgIpc) is 3.22. The maximum Gasteiger partial charge on any atom is 0.218 e.